The Morgan fingerprint density at radius 3 is 2.19 bits per heavy atom. The zero-order valence-corrected chi connectivity index (χ0v) is 27.7. The summed E-state index contributed by atoms with van der Waals surface area (Å²) in [5.41, 5.74) is 3.55. The molecule has 0 spiro atoms. The van der Waals surface area contributed by atoms with E-state index in [1.165, 1.54) is 17.7 Å². The van der Waals surface area contributed by atoms with Crippen LogP contribution in [0.2, 0.25) is 0 Å². The van der Waals surface area contributed by atoms with Gasteiger partial charge in [0.05, 0.1) is 5.56 Å². The molecule has 0 aliphatic heterocycles. The molecule has 2 N–H and O–H groups in total. The molecule has 1 aromatic heterocycles. The van der Waals surface area contributed by atoms with E-state index in [4.69, 9.17) is 0 Å². The number of hydrogen-bond acceptors (Lipinski definition) is 3. The van der Waals surface area contributed by atoms with Crippen molar-refractivity contribution in [3.05, 3.63) is 95.2 Å². The van der Waals surface area contributed by atoms with E-state index in [1.54, 1.807) is 4.90 Å². The Kier molecular flexibility index (Phi) is 8.39. The molecule has 4 aromatic rings. The SMILES string of the molecule is Cc1[nH]c2ccccc2c1[C@H]1[C@H](CC(=O)N(Cc2ccc(C(F)(F)F)cc2)C2(C(=O)Nc3ccc(N(C)C)cc3)CCCC2)C1(C)C. The fourth-order valence-electron chi connectivity index (χ4n) is 7.83. The number of benzene rings is 3. The van der Waals surface area contributed by atoms with Crippen LogP contribution in [0, 0.1) is 18.3 Å². The van der Waals surface area contributed by atoms with Gasteiger partial charge in [-0.2, -0.15) is 13.2 Å². The van der Waals surface area contributed by atoms with Crippen molar-refractivity contribution in [3.63, 3.8) is 0 Å². The quantitative estimate of drug-likeness (QED) is 0.192. The molecular weight excluding hydrogens is 601 g/mol. The number of aromatic nitrogens is 1. The van der Waals surface area contributed by atoms with Crippen molar-refractivity contribution in [1.82, 2.24) is 9.88 Å². The Bertz CT molecular complexity index is 1770. The first kappa shape index (κ1) is 32.7. The molecule has 1 heterocycles. The molecule has 2 atom stereocenters. The third kappa shape index (κ3) is 6.12. The van der Waals surface area contributed by atoms with Crippen molar-refractivity contribution in [2.45, 2.75) is 77.1 Å². The minimum absolute atomic E-state index is 0.0445. The van der Waals surface area contributed by atoms with Crippen LogP contribution in [0.1, 0.15) is 74.3 Å². The van der Waals surface area contributed by atoms with Crippen LogP contribution in [0.25, 0.3) is 10.9 Å². The second-order valence-corrected chi connectivity index (χ2v) is 14.1. The molecule has 0 saturated heterocycles. The van der Waals surface area contributed by atoms with Crippen LogP contribution in [-0.2, 0) is 22.3 Å². The molecule has 2 aliphatic rings. The lowest BCUT2D eigenvalue weighted by Gasteiger charge is -2.40. The van der Waals surface area contributed by atoms with Gasteiger partial charge >= 0.3 is 6.18 Å². The van der Waals surface area contributed by atoms with E-state index in [0.29, 0.717) is 24.1 Å². The molecule has 6 rings (SSSR count). The van der Waals surface area contributed by atoms with Crippen LogP contribution in [0.4, 0.5) is 24.5 Å². The Morgan fingerprint density at radius 1 is 0.936 bits per heavy atom. The summed E-state index contributed by atoms with van der Waals surface area (Å²) in [5.74, 6) is -0.211. The van der Waals surface area contributed by atoms with Gasteiger partial charge in [0, 0.05) is 55.0 Å². The summed E-state index contributed by atoms with van der Waals surface area (Å²) in [4.78, 5) is 36.0. The highest BCUT2D eigenvalue weighted by Gasteiger charge is 2.60. The number of aryl methyl sites for hydroxylation is 1. The van der Waals surface area contributed by atoms with Crippen LogP contribution in [0.3, 0.4) is 0 Å². The maximum Gasteiger partial charge on any atom is 0.416 e. The number of anilines is 2. The highest BCUT2D eigenvalue weighted by atomic mass is 19.4. The summed E-state index contributed by atoms with van der Waals surface area (Å²) in [6.45, 7) is 6.50. The monoisotopic (exact) mass is 644 g/mol. The van der Waals surface area contributed by atoms with Gasteiger partial charge in [-0.1, -0.05) is 57.0 Å². The van der Waals surface area contributed by atoms with Crippen molar-refractivity contribution < 1.29 is 22.8 Å². The second kappa shape index (κ2) is 12.1. The number of amides is 2. The molecule has 2 aliphatic carbocycles. The highest BCUT2D eigenvalue weighted by Crippen LogP contribution is 2.67. The normalized spacial score (nSPS) is 19.8. The first-order valence-electron chi connectivity index (χ1n) is 16.3. The van der Waals surface area contributed by atoms with Crippen molar-refractivity contribution in [2.75, 3.05) is 24.3 Å². The Balaban J connectivity index is 1.32. The Hall–Kier alpha value is -4.27. The number of carbonyl (C=O) groups excluding carboxylic acids is 2. The number of nitrogens with one attached hydrogen (secondary N) is 2. The summed E-state index contributed by atoms with van der Waals surface area (Å²) in [6, 6.07) is 20.7. The molecular formula is C38H43F3N4O2. The number of H-pyrrole nitrogens is 1. The largest absolute Gasteiger partial charge is 0.416 e. The fourth-order valence-corrected chi connectivity index (χ4v) is 7.83. The van der Waals surface area contributed by atoms with Crippen molar-refractivity contribution in [1.29, 1.82) is 0 Å². The maximum atomic E-state index is 14.6. The zero-order chi connectivity index (χ0) is 33.7. The standard InChI is InChI=1S/C38H43F3N4O2/c1-24-33(29-10-6-7-11-31(29)42-24)34-30(36(34,2)3)22-32(46)45(23-25-12-14-26(15-13-25)38(39,40)41)37(20-8-9-21-37)35(47)43-27-16-18-28(19-17-27)44(4)5/h6-7,10-19,30,34,42H,8-9,20-23H2,1-5H3,(H,43,47)/t30-,34+/m0/s1. The summed E-state index contributed by atoms with van der Waals surface area (Å²) >= 11 is 0. The van der Waals surface area contributed by atoms with Crippen molar-refractivity contribution >= 4 is 34.1 Å². The molecule has 9 heteroatoms. The van der Waals surface area contributed by atoms with Gasteiger partial charge in [0.2, 0.25) is 11.8 Å². The molecule has 0 unspecified atom stereocenters. The van der Waals surface area contributed by atoms with Gasteiger partial charge in [0.15, 0.2) is 0 Å². The van der Waals surface area contributed by atoms with Crippen molar-refractivity contribution in [3.8, 4) is 0 Å². The average molecular weight is 645 g/mol. The van der Waals surface area contributed by atoms with E-state index in [0.717, 1.165) is 47.3 Å². The number of nitrogens with zero attached hydrogens (tertiary/aromatic N) is 2. The van der Waals surface area contributed by atoms with Crippen molar-refractivity contribution in [2.24, 2.45) is 11.3 Å². The van der Waals surface area contributed by atoms with E-state index in [9.17, 15) is 22.8 Å². The number of halogens is 3. The zero-order valence-electron chi connectivity index (χ0n) is 27.7. The highest BCUT2D eigenvalue weighted by molar-refractivity contribution is 6.01. The smallest absolute Gasteiger partial charge is 0.378 e. The summed E-state index contributed by atoms with van der Waals surface area (Å²) in [7, 11) is 3.88. The number of carbonyl (C=O) groups is 2. The third-order valence-corrected chi connectivity index (χ3v) is 10.6. The molecule has 248 valence electrons. The molecule has 0 bridgehead atoms. The lowest BCUT2D eigenvalue weighted by Crippen LogP contribution is -2.57. The summed E-state index contributed by atoms with van der Waals surface area (Å²) in [5, 5.41) is 4.24. The van der Waals surface area contributed by atoms with Gasteiger partial charge < -0.3 is 20.1 Å². The molecule has 2 saturated carbocycles. The molecule has 3 aromatic carbocycles. The molecule has 6 nitrogen and oxygen atoms in total. The average Bonchev–Trinajstić information content (AvgIpc) is 3.37. The molecule has 47 heavy (non-hydrogen) atoms. The predicted molar refractivity (Wildman–Crippen MR) is 180 cm³/mol. The van der Waals surface area contributed by atoms with E-state index in [2.05, 4.69) is 43.2 Å². The van der Waals surface area contributed by atoms with Crippen LogP contribution in [0.5, 0.6) is 0 Å². The van der Waals surface area contributed by atoms with Gasteiger partial charge in [-0.25, -0.2) is 0 Å². The van der Waals surface area contributed by atoms with E-state index in [-0.39, 0.29) is 42.0 Å². The maximum absolute atomic E-state index is 14.6. The lowest BCUT2D eigenvalue weighted by molar-refractivity contribution is -0.146. The topological polar surface area (TPSA) is 68.4 Å². The third-order valence-electron chi connectivity index (χ3n) is 10.6. The van der Waals surface area contributed by atoms with Crippen LogP contribution in [0.15, 0.2) is 72.8 Å². The number of aromatic amines is 1. The molecule has 2 amide bonds. The fraction of sp³-hybridized carbons (Fsp3) is 0.421. The van der Waals surface area contributed by atoms with Gasteiger partial charge in [0.25, 0.3) is 0 Å². The van der Waals surface area contributed by atoms with Gasteiger partial charge in [0.1, 0.15) is 5.54 Å². The first-order valence-corrected chi connectivity index (χ1v) is 16.3. The number of hydrogen-bond donors (Lipinski definition) is 2. The Morgan fingerprint density at radius 2 is 1.57 bits per heavy atom. The minimum Gasteiger partial charge on any atom is -0.378 e. The summed E-state index contributed by atoms with van der Waals surface area (Å²) < 4.78 is 40.1. The van der Waals surface area contributed by atoms with E-state index in [1.807, 2.05) is 55.4 Å². The minimum atomic E-state index is -4.46. The molecule has 0 radical (unpaired) electrons. The summed E-state index contributed by atoms with van der Waals surface area (Å²) in [6.07, 6.45) is -1.70. The Labute approximate surface area is 274 Å². The van der Waals surface area contributed by atoms with Crippen LogP contribution >= 0.6 is 0 Å². The first-order chi connectivity index (χ1) is 22.2. The van der Waals surface area contributed by atoms with Gasteiger partial charge in [-0.3, -0.25) is 9.59 Å². The number of fused-ring (bicyclic) bond motifs is 1. The second-order valence-electron chi connectivity index (χ2n) is 14.1. The van der Waals surface area contributed by atoms with E-state index < -0.39 is 17.3 Å². The van der Waals surface area contributed by atoms with Gasteiger partial charge in [-0.05, 0) is 90.6 Å². The van der Waals surface area contributed by atoms with Crippen LogP contribution in [-0.4, -0.2) is 41.3 Å². The van der Waals surface area contributed by atoms with Gasteiger partial charge in [-0.15, -0.1) is 0 Å². The van der Waals surface area contributed by atoms with E-state index >= 15 is 0 Å². The van der Waals surface area contributed by atoms with Crippen LogP contribution < -0.4 is 10.2 Å². The number of alkyl halides is 3. The number of rotatable bonds is 9. The lowest BCUT2D eigenvalue weighted by atomic mass is 9.91. The predicted octanol–water partition coefficient (Wildman–Crippen LogP) is 8.67. The number of para-hydroxylation sites is 1. The molecule has 2 fully saturated rings.